The van der Waals surface area contributed by atoms with E-state index in [1.165, 1.54) is 10.6 Å². The lowest BCUT2D eigenvalue weighted by molar-refractivity contribution is -0.0741. The van der Waals surface area contributed by atoms with Crippen molar-refractivity contribution in [1.29, 1.82) is 0 Å². The first-order valence-corrected chi connectivity index (χ1v) is 9.32. The van der Waals surface area contributed by atoms with E-state index >= 15 is 0 Å². The maximum atomic E-state index is 12.4. The fourth-order valence-electron chi connectivity index (χ4n) is 2.99. The Hall–Kier alpha value is -1.64. The predicted molar refractivity (Wildman–Crippen MR) is 83.3 cm³/mol. The van der Waals surface area contributed by atoms with Gasteiger partial charge in [-0.15, -0.1) is 0 Å². The van der Waals surface area contributed by atoms with Crippen LogP contribution in [-0.2, 0) is 26.1 Å². The van der Waals surface area contributed by atoms with E-state index in [9.17, 15) is 13.2 Å². The number of piperazine rings is 1. The van der Waals surface area contributed by atoms with E-state index in [1.54, 1.807) is 4.90 Å². The number of morpholine rings is 1. The second-order valence-corrected chi connectivity index (χ2v) is 7.85. The summed E-state index contributed by atoms with van der Waals surface area (Å²) in [5.74, 6) is 0. The molecule has 0 spiro atoms. The van der Waals surface area contributed by atoms with Crippen LogP contribution in [0.4, 0.5) is 4.79 Å². The normalized spacial score (nSPS) is 25.2. The van der Waals surface area contributed by atoms with Crippen molar-refractivity contribution in [3.63, 3.8) is 0 Å². The van der Waals surface area contributed by atoms with Gasteiger partial charge in [-0.1, -0.05) is 30.3 Å². The van der Waals surface area contributed by atoms with Crippen LogP contribution in [0.15, 0.2) is 30.3 Å². The zero-order valence-electron chi connectivity index (χ0n) is 12.9. The van der Waals surface area contributed by atoms with Gasteiger partial charge in [-0.05, 0) is 5.56 Å². The highest BCUT2D eigenvalue weighted by Crippen LogP contribution is 2.24. The van der Waals surface area contributed by atoms with Crippen molar-refractivity contribution in [3.05, 3.63) is 35.9 Å². The molecule has 1 aromatic carbocycles. The van der Waals surface area contributed by atoms with Crippen molar-refractivity contribution in [3.8, 4) is 0 Å². The topological polar surface area (TPSA) is 76.2 Å². The molecule has 0 radical (unpaired) electrons. The Balaban J connectivity index is 1.66. The Morgan fingerprint density at radius 2 is 1.83 bits per heavy atom. The van der Waals surface area contributed by atoms with Gasteiger partial charge in [0.1, 0.15) is 6.61 Å². The lowest BCUT2D eigenvalue weighted by Crippen LogP contribution is -2.66. The molecule has 1 aromatic rings. The number of amides is 1. The number of hydrogen-bond donors (Lipinski definition) is 0. The molecule has 2 heterocycles. The van der Waals surface area contributed by atoms with Crippen LogP contribution in [0.1, 0.15) is 5.56 Å². The van der Waals surface area contributed by atoms with Gasteiger partial charge in [0.2, 0.25) is 10.0 Å². The average molecular weight is 340 g/mol. The fourth-order valence-corrected chi connectivity index (χ4v) is 3.87. The summed E-state index contributed by atoms with van der Waals surface area (Å²) in [6, 6.07) is 8.84. The van der Waals surface area contributed by atoms with E-state index in [-0.39, 0.29) is 31.8 Å². The lowest BCUT2D eigenvalue weighted by atomic mass is 10.1. The third kappa shape index (κ3) is 3.65. The summed E-state index contributed by atoms with van der Waals surface area (Å²) >= 11 is 0. The van der Waals surface area contributed by atoms with E-state index in [0.29, 0.717) is 13.2 Å². The van der Waals surface area contributed by atoms with Crippen molar-refractivity contribution >= 4 is 16.1 Å². The summed E-state index contributed by atoms with van der Waals surface area (Å²) < 4.78 is 35.8. The SMILES string of the molecule is CS(=O)(=O)N1CC2COCC(C1)N2C(=O)OCc1ccccc1. The molecule has 2 bridgehead atoms. The van der Waals surface area contributed by atoms with Gasteiger partial charge in [-0.3, -0.25) is 4.90 Å². The van der Waals surface area contributed by atoms with Crippen LogP contribution in [0.2, 0.25) is 0 Å². The van der Waals surface area contributed by atoms with Crippen LogP contribution in [0, 0.1) is 0 Å². The molecular formula is C15H20N2O5S. The number of carbonyl (C=O) groups is 1. The molecule has 2 saturated heterocycles. The third-order valence-corrected chi connectivity index (χ3v) is 5.36. The Kier molecular flexibility index (Phi) is 4.56. The van der Waals surface area contributed by atoms with Crippen LogP contribution >= 0.6 is 0 Å². The number of benzene rings is 1. The highest BCUT2D eigenvalue weighted by molar-refractivity contribution is 7.88. The first-order valence-electron chi connectivity index (χ1n) is 7.47. The van der Waals surface area contributed by atoms with E-state index in [1.807, 2.05) is 30.3 Å². The van der Waals surface area contributed by atoms with E-state index in [0.717, 1.165) is 5.56 Å². The molecule has 2 fully saturated rings. The van der Waals surface area contributed by atoms with Gasteiger partial charge >= 0.3 is 6.09 Å². The van der Waals surface area contributed by atoms with E-state index < -0.39 is 16.1 Å². The van der Waals surface area contributed by atoms with Gasteiger partial charge in [-0.25, -0.2) is 13.2 Å². The number of hydrogen-bond acceptors (Lipinski definition) is 5. The van der Waals surface area contributed by atoms with Crippen LogP contribution in [0.25, 0.3) is 0 Å². The highest BCUT2D eigenvalue weighted by atomic mass is 32.2. The lowest BCUT2D eigenvalue weighted by Gasteiger charge is -2.47. The van der Waals surface area contributed by atoms with Gasteiger partial charge in [0.05, 0.1) is 31.6 Å². The summed E-state index contributed by atoms with van der Waals surface area (Å²) in [6.45, 7) is 1.34. The summed E-state index contributed by atoms with van der Waals surface area (Å²) in [6.07, 6.45) is 0.771. The van der Waals surface area contributed by atoms with E-state index in [2.05, 4.69) is 0 Å². The molecule has 23 heavy (non-hydrogen) atoms. The van der Waals surface area contributed by atoms with Crippen molar-refractivity contribution < 1.29 is 22.7 Å². The number of ether oxygens (including phenoxy) is 2. The number of fused-ring (bicyclic) bond motifs is 2. The molecule has 7 nitrogen and oxygen atoms in total. The molecule has 8 heteroatoms. The summed E-state index contributed by atoms with van der Waals surface area (Å²) in [7, 11) is -3.27. The predicted octanol–water partition coefficient (Wildman–Crippen LogP) is 0.668. The average Bonchev–Trinajstić information content (AvgIpc) is 2.51. The molecule has 0 N–H and O–H groups in total. The van der Waals surface area contributed by atoms with Crippen molar-refractivity contribution in [2.45, 2.75) is 18.7 Å². The van der Waals surface area contributed by atoms with Crippen LogP contribution in [0.5, 0.6) is 0 Å². The smallest absolute Gasteiger partial charge is 0.410 e. The minimum atomic E-state index is -3.27. The zero-order chi connectivity index (χ0) is 16.4. The van der Waals surface area contributed by atoms with Gasteiger partial charge < -0.3 is 9.47 Å². The molecular weight excluding hydrogens is 320 g/mol. The Morgan fingerprint density at radius 3 is 2.39 bits per heavy atom. The molecule has 126 valence electrons. The molecule has 0 aromatic heterocycles. The fraction of sp³-hybridized carbons (Fsp3) is 0.533. The maximum absolute atomic E-state index is 12.4. The summed E-state index contributed by atoms with van der Waals surface area (Å²) in [5.41, 5.74) is 0.914. The second kappa shape index (κ2) is 6.46. The third-order valence-electron chi connectivity index (χ3n) is 4.12. The first-order chi connectivity index (χ1) is 10.9. The molecule has 3 rings (SSSR count). The van der Waals surface area contributed by atoms with Gasteiger partial charge in [-0.2, -0.15) is 4.31 Å². The second-order valence-electron chi connectivity index (χ2n) is 5.87. The van der Waals surface area contributed by atoms with Gasteiger partial charge in [0, 0.05) is 13.1 Å². The Morgan fingerprint density at radius 1 is 1.22 bits per heavy atom. The number of rotatable bonds is 3. The largest absolute Gasteiger partial charge is 0.445 e. The van der Waals surface area contributed by atoms with Gasteiger partial charge in [0.25, 0.3) is 0 Å². The molecule has 2 aliphatic heterocycles. The molecule has 1 amide bonds. The van der Waals surface area contributed by atoms with Crippen LogP contribution in [-0.4, -0.2) is 68.4 Å². The highest BCUT2D eigenvalue weighted by Gasteiger charge is 2.44. The van der Waals surface area contributed by atoms with Crippen molar-refractivity contribution in [1.82, 2.24) is 9.21 Å². The number of nitrogens with zero attached hydrogens (tertiary/aromatic N) is 2. The van der Waals surface area contributed by atoms with Crippen molar-refractivity contribution in [2.75, 3.05) is 32.6 Å². The first kappa shape index (κ1) is 16.2. The Bertz CT molecular complexity index is 650. The maximum Gasteiger partial charge on any atom is 0.410 e. The molecule has 2 aliphatic rings. The minimum Gasteiger partial charge on any atom is -0.445 e. The molecule has 2 atom stereocenters. The quantitative estimate of drug-likeness (QED) is 0.808. The summed E-state index contributed by atoms with van der Waals surface area (Å²) in [5, 5.41) is 0. The Labute approximate surface area is 135 Å². The zero-order valence-corrected chi connectivity index (χ0v) is 13.7. The standard InChI is InChI=1S/C15H20N2O5S/c1-23(19,20)16-7-13-10-21-11-14(8-16)17(13)15(18)22-9-12-5-3-2-4-6-12/h2-6,13-14H,7-11H2,1H3. The summed E-state index contributed by atoms with van der Waals surface area (Å²) in [4.78, 5) is 14.1. The minimum absolute atomic E-state index is 0.201. The number of sulfonamides is 1. The van der Waals surface area contributed by atoms with Crippen LogP contribution < -0.4 is 0 Å². The molecule has 0 saturated carbocycles. The molecule has 0 aliphatic carbocycles. The van der Waals surface area contributed by atoms with Crippen molar-refractivity contribution in [2.24, 2.45) is 0 Å². The van der Waals surface area contributed by atoms with Crippen LogP contribution in [0.3, 0.4) is 0 Å². The molecule has 2 unspecified atom stereocenters. The number of carbonyl (C=O) groups excluding carboxylic acids is 1. The van der Waals surface area contributed by atoms with E-state index in [4.69, 9.17) is 9.47 Å². The van der Waals surface area contributed by atoms with Gasteiger partial charge in [0.15, 0.2) is 0 Å². The monoisotopic (exact) mass is 340 g/mol.